The van der Waals surface area contributed by atoms with Gasteiger partial charge in [-0.05, 0) is 36.5 Å². The molecule has 0 aliphatic carbocycles. The second kappa shape index (κ2) is 6.82. The van der Waals surface area contributed by atoms with Crippen molar-refractivity contribution in [3.8, 4) is 0 Å². The fourth-order valence-electron chi connectivity index (χ4n) is 3.99. The largest absolute Gasteiger partial charge is 0.465 e. The Labute approximate surface area is 147 Å². The van der Waals surface area contributed by atoms with Gasteiger partial charge in [0.15, 0.2) is 0 Å². The average Bonchev–Trinajstić information content (AvgIpc) is 3.06. The van der Waals surface area contributed by atoms with Gasteiger partial charge in [0.1, 0.15) is 0 Å². The molecule has 1 aromatic heterocycles. The normalized spacial score (nSPS) is 21.5. The van der Waals surface area contributed by atoms with E-state index in [1.165, 1.54) is 10.9 Å². The van der Waals surface area contributed by atoms with Crippen LogP contribution < -0.4 is 0 Å². The summed E-state index contributed by atoms with van der Waals surface area (Å²) in [6.07, 6.45) is 4.63. The fourth-order valence-corrected chi connectivity index (χ4v) is 3.99. The first-order valence-corrected chi connectivity index (χ1v) is 8.98. The molecule has 2 aliphatic heterocycles. The van der Waals surface area contributed by atoms with Crippen LogP contribution in [0.1, 0.15) is 37.2 Å². The molecule has 5 nitrogen and oxygen atoms in total. The van der Waals surface area contributed by atoms with Crippen molar-refractivity contribution in [1.29, 1.82) is 0 Å². The molecule has 2 aliphatic rings. The second-order valence-corrected chi connectivity index (χ2v) is 7.03. The number of hydrogen-bond acceptors (Lipinski definition) is 4. The molecule has 0 N–H and O–H groups in total. The molecule has 0 saturated carbocycles. The van der Waals surface area contributed by atoms with Gasteiger partial charge in [-0.1, -0.05) is 18.2 Å². The number of amides is 1. The topological polar surface area (TPSA) is 59.5 Å². The summed E-state index contributed by atoms with van der Waals surface area (Å²) in [5.74, 6) is 0.498. The Hall–Kier alpha value is -2.43. The highest BCUT2D eigenvalue weighted by molar-refractivity contribution is 5.82. The third-order valence-corrected chi connectivity index (χ3v) is 5.37. The van der Waals surface area contributed by atoms with Crippen molar-refractivity contribution < 1.29 is 14.3 Å². The van der Waals surface area contributed by atoms with Crippen LogP contribution in [0.15, 0.2) is 36.5 Å². The number of esters is 1. The van der Waals surface area contributed by atoms with Gasteiger partial charge in [-0.3, -0.25) is 14.6 Å². The maximum absolute atomic E-state index is 12.5. The van der Waals surface area contributed by atoms with Crippen LogP contribution in [0, 0.1) is 5.92 Å². The summed E-state index contributed by atoms with van der Waals surface area (Å²) in [5.41, 5.74) is 2.37. The van der Waals surface area contributed by atoms with Gasteiger partial charge in [0, 0.05) is 37.0 Å². The number of hydrogen-bond donors (Lipinski definition) is 0. The van der Waals surface area contributed by atoms with Crippen LogP contribution in [0.4, 0.5) is 0 Å². The number of pyridine rings is 1. The van der Waals surface area contributed by atoms with E-state index in [1.54, 1.807) is 0 Å². The van der Waals surface area contributed by atoms with E-state index in [4.69, 9.17) is 4.74 Å². The highest BCUT2D eigenvalue weighted by atomic mass is 16.5. The Morgan fingerprint density at radius 2 is 2.00 bits per heavy atom. The predicted molar refractivity (Wildman–Crippen MR) is 94.0 cm³/mol. The predicted octanol–water partition coefficient (Wildman–Crippen LogP) is 2.89. The Balaban J connectivity index is 1.39. The van der Waals surface area contributed by atoms with E-state index >= 15 is 0 Å². The molecule has 0 spiro atoms. The number of nitrogens with zero attached hydrogens (tertiary/aromatic N) is 2. The standard InChI is InChI=1S/C20H22N2O3/c23-19(11-14-12-20(24)25-13-14)22-9-6-15(7-10-22)16-5-8-21-18-4-2-1-3-17(16)18/h1-5,8,14-15H,6-7,9-13H2/t14-/m0/s1. The second-order valence-electron chi connectivity index (χ2n) is 7.03. The lowest BCUT2D eigenvalue weighted by atomic mass is 9.87. The number of ether oxygens (including phenoxy) is 1. The maximum atomic E-state index is 12.5. The summed E-state index contributed by atoms with van der Waals surface area (Å²) >= 11 is 0. The van der Waals surface area contributed by atoms with Crippen molar-refractivity contribution in [1.82, 2.24) is 9.88 Å². The number of carbonyl (C=O) groups is 2. The molecule has 1 amide bonds. The van der Waals surface area contributed by atoms with Gasteiger partial charge >= 0.3 is 5.97 Å². The zero-order valence-corrected chi connectivity index (χ0v) is 14.2. The van der Waals surface area contributed by atoms with Gasteiger partial charge in [-0.15, -0.1) is 0 Å². The lowest BCUT2D eigenvalue weighted by molar-refractivity contribution is -0.138. The van der Waals surface area contributed by atoms with Crippen molar-refractivity contribution in [2.75, 3.05) is 19.7 Å². The van der Waals surface area contributed by atoms with Crippen molar-refractivity contribution in [3.05, 3.63) is 42.1 Å². The molecule has 25 heavy (non-hydrogen) atoms. The Morgan fingerprint density at radius 1 is 1.20 bits per heavy atom. The molecule has 1 aromatic carbocycles. The van der Waals surface area contributed by atoms with Gasteiger partial charge in [0.05, 0.1) is 18.5 Å². The lowest BCUT2D eigenvalue weighted by Crippen LogP contribution is -2.38. The number of rotatable bonds is 3. The minimum atomic E-state index is -0.180. The lowest BCUT2D eigenvalue weighted by Gasteiger charge is -2.33. The van der Waals surface area contributed by atoms with Gasteiger partial charge in [0.25, 0.3) is 0 Å². The molecule has 5 heteroatoms. The maximum Gasteiger partial charge on any atom is 0.306 e. The highest BCUT2D eigenvalue weighted by Gasteiger charge is 2.30. The monoisotopic (exact) mass is 338 g/mol. The molecule has 4 rings (SSSR count). The quantitative estimate of drug-likeness (QED) is 0.808. The number of benzene rings is 1. The number of likely N-dealkylation sites (tertiary alicyclic amines) is 1. The molecule has 0 bridgehead atoms. The first-order chi connectivity index (χ1) is 12.2. The molecule has 0 unspecified atom stereocenters. The molecule has 130 valence electrons. The van der Waals surface area contributed by atoms with E-state index in [0.717, 1.165) is 31.4 Å². The molecule has 0 radical (unpaired) electrons. The summed E-state index contributed by atoms with van der Waals surface area (Å²) in [6.45, 7) is 1.95. The average molecular weight is 338 g/mol. The zero-order valence-electron chi connectivity index (χ0n) is 14.2. The van der Waals surface area contributed by atoms with Crippen LogP contribution in [0.3, 0.4) is 0 Å². The summed E-state index contributed by atoms with van der Waals surface area (Å²) in [6, 6.07) is 10.4. The van der Waals surface area contributed by atoms with Crippen molar-refractivity contribution in [2.45, 2.75) is 31.6 Å². The van der Waals surface area contributed by atoms with Crippen LogP contribution in [0.5, 0.6) is 0 Å². The van der Waals surface area contributed by atoms with Gasteiger partial charge in [-0.2, -0.15) is 0 Å². The van der Waals surface area contributed by atoms with E-state index in [-0.39, 0.29) is 17.8 Å². The van der Waals surface area contributed by atoms with Crippen molar-refractivity contribution in [2.24, 2.45) is 5.92 Å². The number of para-hydroxylation sites is 1. The SMILES string of the molecule is O=C1C[C@H](CC(=O)N2CCC(c3ccnc4ccccc34)CC2)CO1. The summed E-state index contributed by atoms with van der Waals surface area (Å²) in [7, 11) is 0. The fraction of sp³-hybridized carbons (Fsp3) is 0.450. The van der Waals surface area contributed by atoms with E-state index in [0.29, 0.717) is 25.4 Å². The molecular formula is C20H22N2O3. The van der Waals surface area contributed by atoms with E-state index in [1.807, 2.05) is 23.2 Å². The van der Waals surface area contributed by atoms with Gasteiger partial charge < -0.3 is 9.64 Å². The number of piperidine rings is 1. The minimum Gasteiger partial charge on any atom is -0.465 e. The molecule has 2 saturated heterocycles. The van der Waals surface area contributed by atoms with Gasteiger partial charge in [0.2, 0.25) is 5.91 Å². The summed E-state index contributed by atoms with van der Waals surface area (Å²) in [5, 5.41) is 1.22. The third kappa shape index (κ3) is 3.36. The smallest absolute Gasteiger partial charge is 0.306 e. The molecular weight excluding hydrogens is 316 g/mol. The van der Waals surface area contributed by atoms with Crippen LogP contribution in [-0.2, 0) is 14.3 Å². The van der Waals surface area contributed by atoms with Crippen LogP contribution in [0.25, 0.3) is 10.9 Å². The number of cyclic esters (lactones) is 1. The number of aromatic nitrogens is 1. The number of fused-ring (bicyclic) bond motifs is 1. The van der Waals surface area contributed by atoms with E-state index in [9.17, 15) is 9.59 Å². The van der Waals surface area contributed by atoms with E-state index < -0.39 is 0 Å². The Kier molecular flexibility index (Phi) is 4.38. The molecule has 2 aromatic rings. The van der Waals surface area contributed by atoms with Crippen LogP contribution >= 0.6 is 0 Å². The van der Waals surface area contributed by atoms with Crippen molar-refractivity contribution >= 4 is 22.8 Å². The van der Waals surface area contributed by atoms with Crippen LogP contribution in [0.2, 0.25) is 0 Å². The summed E-state index contributed by atoms with van der Waals surface area (Å²) < 4.78 is 4.95. The molecule has 3 heterocycles. The molecule has 1 atom stereocenters. The highest BCUT2D eigenvalue weighted by Crippen LogP contribution is 2.32. The minimum absolute atomic E-state index is 0.0573. The first kappa shape index (κ1) is 16.1. The third-order valence-electron chi connectivity index (χ3n) is 5.37. The Morgan fingerprint density at radius 3 is 2.76 bits per heavy atom. The molecule has 2 fully saturated rings. The zero-order chi connectivity index (χ0) is 17.2. The van der Waals surface area contributed by atoms with Gasteiger partial charge in [-0.25, -0.2) is 0 Å². The number of carbonyl (C=O) groups excluding carboxylic acids is 2. The van der Waals surface area contributed by atoms with Crippen molar-refractivity contribution in [3.63, 3.8) is 0 Å². The van der Waals surface area contributed by atoms with E-state index in [2.05, 4.69) is 23.2 Å². The first-order valence-electron chi connectivity index (χ1n) is 8.98. The Bertz CT molecular complexity index is 791. The van der Waals surface area contributed by atoms with Crippen LogP contribution in [-0.4, -0.2) is 41.5 Å². The summed E-state index contributed by atoms with van der Waals surface area (Å²) in [4.78, 5) is 30.0.